The molecule has 0 aliphatic carbocycles. The number of hydrogen-bond acceptors (Lipinski definition) is 4. The third kappa shape index (κ3) is 3.19. The van der Waals surface area contributed by atoms with Crippen LogP contribution in [0.15, 0.2) is 12.1 Å². The van der Waals surface area contributed by atoms with Gasteiger partial charge in [0.15, 0.2) is 0 Å². The minimum absolute atomic E-state index is 0.534. The molecular weight excluding hydrogens is 242 g/mol. The maximum atomic E-state index is 5.57. The summed E-state index contributed by atoms with van der Waals surface area (Å²) in [6, 6.07) is 4.03. The zero-order valence-corrected chi connectivity index (χ0v) is 12.0. The van der Waals surface area contributed by atoms with Gasteiger partial charge in [0, 0.05) is 18.7 Å². The van der Waals surface area contributed by atoms with E-state index in [1.165, 1.54) is 11.1 Å². The van der Waals surface area contributed by atoms with Crippen molar-refractivity contribution in [2.45, 2.75) is 25.4 Å². The van der Waals surface area contributed by atoms with Crippen molar-refractivity contribution < 1.29 is 14.2 Å². The van der Waals surface area contributed by atoms with E-state index in [0.29, 0.717) is 12.5 Å². The Morgan fingerprint density at radius 2 is 1.84 bits per heavy atom. The summed E-state index contributed by atoms with van der Waals surface area (Å²) in [7, 11) is 5.11. The molecule has 4 nitrogen and oxygen atoms in total. The van der Waals surface area contributed by atoms with Gasteiger partial charge in [-0.1, -0.05) is 0 Å². The molecule has 0 unspecified atom stereocenters. The summed E-state index contributed by atoms with van der Waals surface area (Å²) in [6.45, 7) is 2.71. The molecule has 0 saturated carbocycles. The lowest BCUT2D eigenvalue weighted by molar-refractivity contribution is 0.182. The van der Waals surface area contributed by atoms with Gasteiger partial charge in [0.25, 0.3) is 0 Å². The Hall–Kier alpha value is -1.26. The summed E-state index contributed by atoms with van der Waals surface area (Å²) >= 11 is 0. The second-order valence-electron chi connectivity index (χ2n) is 4.86. The van der Waals surface area contributed by atoms with E-state index in [1.54, 1.807) is 21.3 Å². The molecule has 4 heteroatoms. The van der Waals surface area contributed by atoms with Gasteiger partial charge in [-0.2, -0.15) is 0 Å². The van der Waals surface area contributed by atoms with Gasteiger partial charge in [0.1, 0.15) is 11.5 Å². The molecular formula is C15H23NO3. The molecule has 1 aromatic rings. The highest BCUT2D eigenvalue weighted by molar-refractivity contribution is 5.48. The summed E-state index contributed by atoms with van der Waals surface area (Å²) < 4.78 is 16.2. The fourth-order valence-electron chi connectivity index (χ4n) is 2.79. The molecule has 2 rings (SSSR count). The van der Waals surface area contributed by atoms with E-state index in [9.17, 15) is 0 Å². The topological polar surface area (TPSA) is 39.7 Å². The van der Waals surface area contributed by atoms with Crippen LogP contribution in [-0.4, -0.2) is 34.4 Å². The second-order valence-corrected chi connectivity index (χ2v) is 4.86. The Morgan fingerprint density at radius 1 is 1.11 bits per heavy atom. The molecule has 0 radical (unpaired) electrons. The molecule has 1 saturated heterocycles. The van der Waals surface area contributed by atoms with Gasteiger partial charge in [-0.05, 0) is 43.5 Å². The Balaban J connectivity index is 2.41. The number of ether oxygens (including phenoxy) is 3. The third-order valence-electron chi connectivity index (χ3n) is 3.70. The summed E-state index contributed by atoms with van der Waals surface area (Å²) in [5.74, 6) is 2.27. The first-order valence-electron chi connectivity index (χ1n) is 6.74. The van der Waals surface area contributed by atoms with Gasteiger partial charge in [-0.15, -0.1) is 0 Å². The van der Waals surface area contributed by atoms with Crippen molar-refractivity contribution in [1.29, 1.82) is 0 Å². The molecule has 1 aliphatic heterocycles. The molecule has 19 heavy (non-hydrogen) atoms. The van der Waals surface area contributed by atoms with Crippen LogP contribution in [-0.2, 0) is 11.3 Å². The van der Waals surface area contributed by atoms with E-state index in [0.717, 1.165) is 37.4 Å². The molecule has 1 fully saturated rings. The monoisotopic (exact) mass is 265 g/mol. The quantitative estimate of drug-likeness (QED) is 0.887. The smallest absolute Gasteiger partial charge is 0.126 e. The predicted molar refractivity (Wildman–Crippen MR) is 75.1 cm³/mol. The maximum Gasteiger partial charge on any atom is 0.126 e. The first-order valence-corrected chi connectivity index (χ1v) is 6.74. The van der Waals surface area contributed by atoms with Crippen molar-refractivity contribution in [3.8, 4) is 11.5 Å². The van der Waals surface area contributed by atoms with E-state index in [4.69, 9.17) is 14.2 Å². The average molecular weight is 265 g/mol. The van der Waals surface area contributed by atoms with E-state index in [-0.39, 0.29) is 0 Å². The fraction of sp³-hybridized carbons (Fsp3) is 0.600. The zero-order valence-electron chi connectivity index (χ0n) is 12.0. The molecule has 0 spiro atoms. The predicted octanol–water partition coefficient (Wildman–Crippen LogP) is 2.32. The Morgan fingerprint density at radius 3 is 2.42 bits per heavy atom. The van der Waals surface area contributed by atoms with Crippen molar-refractivity contribution in [1.82, 2.24) is 5.32 Å². The number of rotatable bonds is 5. The number of benzene rings is 1. The Bertz CT molecular complexity index is 414. The molecule has 1 heterocycles. The molecule has 0 atom stereocenters. The molecule has 0 bridgehead atoms. The minimum Gasteiger partial charge on any atom is -0.497 e. The maximum absolute atomic E-state index is 5.57. The van der Waals surface area contributed by atoms with Crippen molar-refractivity contribution >= 4 is 0 Å². The van der Waals surface area contributed by atoms with Gasteiger partial charge in [-0.25, -0.2) is 0 Å². The van der Waals surface area contributed by atoms with Crippen molar-refractivity contribution in [3.05, 3.63) is 23.3 Å². The van der Waals surface area contributed by atoms with Crippen LogP contribution in [0.5, 0.6) is 11.5 Å². The van der Waals surface area contributed by atoms with Crippen LogP contribution in [0, 0.1) is 0 Å². The number of nitrogens with one attached hydrogen (secondary N) is 1. The van der Waals surface area contributed by atoms with Gasteiger partial charge in [-0.3, -0.25) is 0 Å². The molecule has 1 aromatic carbocycles. The first-order chi connectivity index (χ1) is 9.30. The Kier molecular flexibility index (Phi) is 5.05. The van der Waals surface area contributed by atoms with Gasteiger partial charge in [0.05, 0.1) is 20.8 Å². The minimum atomic E-state index is 0.534. The lowest BCUT2D eigenvalue weighted by Crippen LogP contribution is -2.27. The van der Waals surface area contributed by atoms with Crippen LogP contribution in [0.25, 0.3) is 0 Å². The van der Waals surface area contributed by atoms with E-state index in [2.05, 4.69) is 11.4 Å². The number of hydrogen-bond donors (Lipinski definition) is 1. The summed E-state index contributed by atoms with van der Waals surface area (Å²) in [6.07, 6.45) is 2.28. The molecule has 1 aliphatic rings. The lowest BCUT2D eigenvalue weighted by atomic mass is 9.86. The zero-order chi connectivity index (χ0) is 13.7. The molecule has 1 N–H and O–H groups in total. The van der Waals surface area contributed by atoms with Crippen LogP contribution in [0.4, 0.5) is 0 Å². The van der Waals surface area contributed by atoms with Crippen LogP contribution in [0.3, 0.4) is 0 Å². The van der Waals surface area contributed by atoms with Crippen molar-refractivity contribution in [2.75, 3.05) is 34.4 Å². The summed E-state index contributed by atoms with van der Waals surface area (Å²) in [5, 5.41) is 3.40. The van der Waals surface area contributed by atoms with Gasteiger partial charge < -0.3 is 19.5 Å². The van der Waals surface area contributed by atoms with Crippen LogP contribution in [0.2, 0.25) is 0 Å². The summed E-state index contributed by atoms with van der Waals surface area (Å²) in [5.41, 5.74) is 2.46. The standard InChI is InChI=1S/C15H23NO3/c1-17-10-12-8-13(18-2)9-14(19-3)15(12)11-4-6-16-7-5-11/h8-9,11,16H,4-7,10H2,1-3H3. The van der Waals surface area contributed by atoms with Gasteiger partial charge >= 0.3 is 0 Å². The fourth-order valence-corrected chi connectivity index (χ4v) is 2.79. The highest BCUT2D eigenvalue weighted by atomic mass is 16.5. The third-order valence-corrected chi connectivity index (χ3v) is 3.70. The number of methoxy groups -OCH3 is 3. The van der Waals surface area contributed by atoms with Crippen LogP contribution in [0.1, 0.15) is 29.9 Å². The second kappa shape index (κ2) is 6.78. The van der Waals surface area contributed by atoms with E-state index in [1.807, 2.05) is 6.07 Å². The van der Waals surface area contributed by atoms with E-state index >= 15 is 0 Å². The average Bonchev–Trinajstić information content (AvgIpc) is 2.47. The van der Waals surface area contributed by atoms with Crippen LogP contribution >= 0.6 is 0 Å². The first kappa shape index (κ1) is 14.2. The lowest BCUT2D eigenvalue weighted by Gasteiger charge is -2.27. The van der Waals surface area contributed by atoms with Gasteiger partial charge in [0.2, 0.25) is 0 Å². The van der Waals surface area contributed by atoms with Crippen molar-refractivity contribution in [2.24, 2.45) is 0 Å². The molecule has 0 amide bonds. The largest absolute Gasteiger partial charge is 0.497 e. The summed E-state index contributed by atoms with van der Waals surface area (Å²) in [4.78, 5) is 0. The number of piperidine rings is 1. The molecule has 0 aromatic heterocycles. The highest BCUT2D eigenvalue weighted by Crippen LogP contribution is 2.38. The SMILES string of the molecule is COCc1cc(OC)cc(OC)c1C1CCNCC1. The Labute approximate surface area is 115 Å². The van der Waals surface area contributed by atoms with Crippen LogP contribution < -0.4 is 14.8 Å². The highest BCUT2D eigenvalue weighted by Gasteiger charge is 2.23. The van der Waals surface area contributed by atoms with E-state index < -0.39 is 0 Å². The normalized spacial score (nSPS) is 16.4. The van der Waals surface area contributed by atoms with Crippen molar-refractivity contribution in [3.63, 3.8) is 0 Å². The molecule has 106 valence electrons.